The van der Waals surface area contributed by atoms with Crippen LogP contribution in [0, 0.1) is 0 Å². The summed E-state index contributed by atoms with van der Waals surface area (Å²) in [5, 5.41) is 13.4. The number of sulfonamides is 1. The van der Waals surface area contributed by atoms with Gasteiger partial charge in [0.1, 0.15) is 9.75 Å². The average molecular weight is 548 g/mol. The summed E-state index contributed by atoms with van der Waals surface area (Å²) in [7, 11) is -0.340. The van der Waals surface area contributed by atoms with Crippen molar-refractivity contribution in [2.24, 2.45) is 0 Å². The number of carbonyl (C=O) groups is 2. The van der Waals surface area contributed by atoms with E-state index in [1.807, 2.05) is 19.0 Å². The lowest BCUT2D eigenvalue weighted by Crippen LogP contribution is -2.44. The van der Waals surface area contributed by atoms with Gasteiger partial charge in [-0.05, 0) is 68.0 Å². The molecule has 3 aromatic rings. The Morgan fingerprint density at radius 3 is 2.53 bits per heavy atom. The number of nitrogens with zero attached hydrogens (tertiary/aromatic N) is 1. The molecule has 0 aliphatic heterocycles. The van der Waals surface area contributed by atoms with Crippen molar-refractivity contribution in [2.45, 2.75) is 28.5 Å². The molecule has 0 radical (unpaired) electrons. The van der Waals surface area contributed by atoms with Gasteiger partial charge < -0.3 is 15.3 Å². The highest BCUT2D eigenvalue weighted by Gasteiger charge is 2.63. The van der Waals surface area contributed by atoms with Gasteiger partial charge in [0.2, 0.25) is 5.91 Å². The van der Waals surface area contributed by atoms with Crippen LogP contribution in [0.25, 0.3) is 10.4 Å². The third-order valence-corrected chi connectivity index (χ3v) is 9.38. The summed E-state index contributed by atoms with van der Waals surface area (Å²) in [6, 6.07) is 17.0. The Labute approximate surface area is 219 Å². The molecule has 2 atom stereocenters. The number of amides is 1. The van der Waals surface area contributed by atoms with E-state index in [9.17, 15) is 23.1 Å². The van der Waals surface area contributed by atoms with Gasteiger partial charge in [-0.1, -0.05) is 35.9 Å². The van der Waals surface area contributed by atoms with Crippen molar-refractivity contribution in [3.8, 4) is 10.4 Å². The van der Waals surface area contributed by atoms with Crippen LogP contribution >= 0.6 is 22.9 Å². The molecule has 1 saturated carbocycles. The normalized spacial score (nSPS) is 19.3. The van der Waals surface area contributed by atoms with Crippen molar-refractivity contribution < 1.29 is 23.1 Å². The van der Waals surface area contributed by atoms with Gasteiger partial charge in [-0.25, -0.2) is 8.42 Å². The Bertz CT molecular complexity index is 1390. The van der Waals surface area contributed by atoms with E-state index in [1.54, 1.807) is 54.6 Å². The number of carbonyl (C=O) groups excluding carboxylic acids is 1. The van der Waals surface area contributed by atoms with Gasteiger partial charge >= 0.3 is 5.97 Å². The third kappa shape index (κ3) is 5.79. The molecule has 2 aromatic carbocycles. The molecular formula is C25H26ClN3O5S2. The predicted octanol–water partition coefficient (Wildman–Crippen LogP) is 4.25. The lowest BCUT2D eigenvalue weighted by atomic mass is 10.1. The Hall–Kier alpha value is -2.76. The Kier molecular flexibility index (Phi) is 7.53. The number of halogens is 1. The third-order valence-electron chi connectivity index (χ3n) is 5.99. The van der Waals surface area contributed by atoms with Crippen molar-refractivity contribution in [3.63, 3.8) is 0 Å². The van der Waals surface area contributed by atoms with E-state index in [0.717, 1.165) is 21.8 Å². The molecule has 0 saturated heterocycles. The minimum absolute atomic E-state index is 0.0284. The SMILES string of the molecule is CN(C)CCC(=O)Nc1cccc([C@@H]2CC2(NS(=O)(=O)c2ccc(-c3ccc(Cl)cc3)s2)C(=O)O)c1. The second-order valence-electron chi connectivity index (χ2n) is 8.99. The Morgan fingerprint density at radius 1 is 1.14 bits per heavy atom. The van der Waals surface area contributed by atoms with Crippen LogP contribution in [0.5, 0.6) is 0 Å². The Morgan fingerprint density at radius 2 is 1.86 bits per heavy atom. The molecule has 4 rings (SSSR count). The molecule has 190 valence electrons. The van der Waals surface area contributed by atoms with Gasteiger partial charge in [0.15, 0.2) is 0 Å². The van der Waals surface area contributed by atoms with Crippen LogP contribution in [0.2, 0.25) is 5.02 Å². The maximum atomic E-state index is 13.2. The number of benzene rings is 2. The van der Waals surface area contributed by atoms with Gasteiger partial charge in [0.25, 0.3) is 10.0 Å². The second kappa shape index (κ2) is 10.3. The minimum atomic E-state index is -4.09. The molecule has 1 aliphatic rings. The number of carboxylic acid groups (broad SMARTS) is 1. The standard InChI is InChI=1S/C25H26ClN3O5S2/c1-29(2)13-12-22(30)27-19-5-3-4-17(14-19)20-15-25(20,24(31)32)28-36(33,34)23-11-10-21(35-23)16-6-8-18(26)9-7-16/h3-11,14,20,28H,12-13,15H2,1-2H3,(H,27,30)(H,31,32)/t20-,25?/m0/s1. The first-order valence-corrected chi connectivity index (χ1v) is 13.9. The van der Waals surface area contributed by atoms with E-state index in [1.165, 1.54) is 6.07 Å². The second-order valence-corrected chi connectivity index (χ2v) is 12.4. The van der Waals surface area contributed by atoms with Crippen molar-refractivity contribution in [2.75, 3.05) is 26.0 Å². The molecule has 1 fully saturated rings. The van der Waals surface area contributed by atoms with Crippen molar-refractivity contribution in [1.29, 1.82) is 0 Å². The number of nitrogens with one attached hydrogen (secondary N) is 2. The van der Waals surface area contributed by atoms with Crippen molar-refractivity contribution >= 4 is 50.5 Å². The number of thiophene rings is 1. The lowest BCUT2D eigenvalue weighted by molar-refractivity contribution is -0.140. The molecule has 1 aromatic heterocycles. The molecule has 11 heteroatoms. The molecular weight excluding hydrogens is 522 g/mol. The fourth-order valence-corrected chi connectivity index (χ4v) is 6.81. The van der Waals surface area contributed by atoms with E-state index in [-0.39, 0.29) is 16.5 Å². The first-order valence-electron chi connectivity index (χ1n) is 11.2. The van der Waals surface area contributed by atoms with Crippen LogP contribution in [0.4, 0.5) is 5.69 Å². The molecule has 0 bridgehead atoms. The first kappa shape index (κ1) is 26.3. The minimum Gasteiger partial charge on any atom is -0.480 e. The van der Waals surface area contributed by atoms with E-state index in [0.29, 0.717) is 29.2 Å². The summed E-state index contributed by atoms with van der Waals surface area (Å²) >= 11 is 6.98. The van der Waals surface area contributed by atoms with E-state index in [4.69, 9.17) is 11.6 Å². The molecule has 1 unspecified atom stereocenters. The van der Waals surface area contributed by atoms with Gasteiger partial charge in [-0.3, -0.25) is 9.59 Å². The summed E-state index contributed by atoms with van der Waals surface area (Å²) in [5.41, 5.74) is 0.332. The summed E-state index contributed by atoms with van der Waals surface area (Å²) in [5.74, 6) is -1.97. The van der Waals surface area contributed by atoms with Gasteiger partial charge in [0, 0.05) is 34.5 Å². The predicted molar refractivity (Wildman–Crippen MR) is 141 cm³/mol. The highest BCUT2D eigenvalue weighted by molar-refractivity contribution is 7.91. The van der Waals surface area contributed by atoms with Crippen LogP contribution in [-0.4, -0.2) is 56.5 Å². The number of hydrogen-bond acceptors (Lipinski definition) is 6. The maximum Gasteiger partial charge on any atom is 0.325 e. The fraction of sp³-hybridized carbons (Fsp3) is 0.280. The van der Waals surface area contributed by atoms with E-state index in [2.05, 4.69) is 10.0 Å². The average Bonchev–Trinajstić information content (AvgIpc) is 3.31. The van der Waals surface area contributed by atoms with Crippen LogP contribution in [0.3, 0.4) is 0 Å². The number of aliphatic carboxylic acids is 1. The fourth-order valence-electron chi connectivity index (χ4n) is 3.96. The quantitative estimate of drug-likeness (QED) is 0.349. The number of rotatable bonds is 10. The van der Waals surface area contributed by atoms with Gasteiger partial charge in [-0.2, -0.15) is 4.72 Å². The lowest BCUT2D eigenvalue weighted by Gasteiger charge is -2.15. The summed E-state index contributed by atoms with van der Waals surface area (Å²) in [6.07, 6.45) is 0.424. The van der Waals surface area contributed by atoms with Crippen LogP contribution in [-0.2, 0) is 19.6 Å². The van der Waals surface area contributed by atoms with Crippen LogP contribution in [0.15, 0.2) is 64.9 Å². The number of hydrogen-bond donors (Lipinski definition) is 3. The topological polar surface area (TPSA) is 116 Å². The maximum absolute atomic E-state index is 13.2. The van der Waals surface area contributed by atoms with Crippen molar-refractivity contribution in [3.05, 3.63) is 71.2 Å². The molecule has 0 spiro atoms. The zero-order chi connectivity index (χ0) is 26.1. The summed E-state index contributed by atoms with van der Waals surface area (Å²) < 4.78 is 28.8. The summed E-state index contributed by atoms with van der Waals surface area (Å²) in [6.45, 7) is 0.598. The van der Waals surface area contributed by atoms with Crippen LogP contribution in [0.1, 0.15) is 24.3 Å². The highest BCUT2D eigenvalue weighted by Crippen LogP contribution is 2.53. The van der Waals surface area contributed by atoms with E-state index < -0.39 is 27.4 Å². The molecule has 1 heterocycles. The highest BCUT2D eigenvalue weighted by atomic mass is 35.5. The van der Waals surface area contributed by atoms with Gasteiger partial charge in [-0.15, -0.1) is 11.3 Å². The Balaban J connectivity index is 1.51. The molecule has 3 N–H and O–H groups in total. The zero-order valence-corrected chi connectivity index (χ0v) is 22.1. The monoisotopic (exact) mass is 547 g/mol. The van der Waals surface area contributed by atoms with Gasteiger partial charge in [0.05, 0.1) is 0 Å². The zero-order valence-electron chi connectivity index (χ0n) is 19.7. The molecule has 1 aliphatic carbocycles. The summed E-state index contributed by atoms with van der Waals surface area (Å²) in [4.78, 5) is 27.0. The number of carboxylic acids is 1. The van der Waals surface area contributed by atoms with Crippen LogP contribution < -0.4 is 10.0 Å². The molecule has 1 amide bonds. The van der Waals surface area contributed by atoms with E-state index >= 15 is 0 Å². The number of anilines is 1. The van der Waals surface area contributed by atoms with Crippen molar-refractivity contribution in [1.82, 2.24) is 9.62 Å². The molecule has 8 nitrogen and oxygen atoms in total. The first-order chi connectivity index (χ1) is 17.0. The molecule has 36 heavy (non-hydrogen) atoms. The largest absolute Gasteiger partial charge is 0.480 e. The smallest absolute Gasteiger partial charge is 0.325 e.